The summed E-state index contributed by atoms with van der Waals surface area (Å²) in [5.41, 5.74) is 5.47. The third-order valence-corrected chi connectivity index (χ3v) is 5.06. The van der Waals surface area contributed by atoms with Crippen molar-refractivity contribution in [2.75, 3.05) is 0 Å². The molecular formula is C24H25NO. The molecule has 0 aliphatic heterocycles. The van der Waals surface area contributed by atoms with Crippen LogP contribution in [0.15, 0.2) is 49.6 Å². The number of benzene rings is 2. The lowest BCUT2D eigenvalue weighted by atomic mass is 9.93. The zero-order valence-electron chi connectivity index (χ0n) is 15.8. The van der Waals surface area contributed by atoms with E-state index in [9.17, 15) is 4.79 Å². The van der Waals surface area contributed by atoms with Crippen LogP contribution in [0.3, 0.4) is 0 Å². The molecule has 0 aliphatic rings. The normalized spacial score (nSPS) is 10.9. The smallest absolute Gasteiger partial charge is 0.196 e. The zero-order chi connectivity index (χ0) is 18.8. The Bertz CT molecular complexity index is 1020. The van der Waals surface area contributed by atoms with Gasteiger partial charge in [0.25, 0.3) is 0 Å². The highest BCUT2D eigenvalue weighted by atomic mass is 16.1. The molecule has 0 saturated heterocycles. The minimum Gasteiger partial charge on any atom is -0.344 e. The van der Waals surface area contributed by atoms with Gasteiger partial charge in [0.2, 0.25) is 0 Å². The summed E-state index contributed by atoms with van der Waals surface area (Å²) in [4.78, 5) is 13.6. The quantitative estimate of drug-likeness (QED) is 0.489. The van der Waals surface area contributed by atoms with Crippen LogP contribution in [0, 0.1) is 13.8 Å². The van der Waals surface area contributed by atoms with Gasteiger partial charge in [-0.2, -0.15) is 0 Å². The standard InChI is InChI=1S/C24H25NO/c1-6-15-25-17(5)23(18(7-2)22(25)8-3)24(26)21-14-13-16(4)19-11-9-10-12-20(19)21/h7-14H,2-3,6,15H2,1,4-5H3. The predicted molar refractivity (Wildman–Crippen MR) is 112 cm³/mol. The first-order valence-electron chi connectivity index (χ1n) is 9.06. The highest BCUT2D eigenvalue weighted by Gasteiger charge is 2.24. The Hall–Kier alpha value is -2.87. The first-order chi connectivity index (χ1) is 12.5. The van der Waals surface area contributed by atoms with E-state index in [2.05, 4.69) is 37.6 Å². The van der Waals surface area contributed by atoms with E-state index in [0.29, 0.717) is 0 Å². The molecule has 0 spiro atoms. The van der Waals surface area contributed by atoms with Gasteiger partial charge in [-0.1, -0.05) is 62.6 Å². The van der Waals surface area contributed by atoms with Crippen molar-refractivity contribution in [3.05, 3.63) is 83.2 Å². The summed E-state index contributed by atoms with van der Waals surface area (Å²) < 4.78 is 2.17. The number of hydrogen-bond acceptors (Lipinski definition) is 1. The first-order valence-corrected chi connectivity index (χ1v) is 9.06. The molecule has 0 unspecified atom stereocenters. The van der Waals surface area contributed by atoms with E-state index < -0.39 is 0 Å². The number of fused-ring (bicyclic) bond motifs is 1. The molecule has 0 aliphatic carbocycles. The Balaban J connectivity index is 2.28. The number of nitrogens with zero attached hydrogens (tertiary/aromatic N) is 1. The molecule has 3 aromatic rings. The Morgan fingerprint density at radius 3 is 2.35 bits per heavy atom. The zero-order valence-corrected chi connectivity index (χ0v) is 15.8. The fourth-order valence-electron chi connectivity index (χ4n) is 3.79. The molecule has 0 fully saturated rings. The van der Waals surface area contributed by atoms with Gasteiger partial charge < -0.3 is 4.57 Å². The van der Waals surface area contributed by atoms with Gasteiger partial charge in [-0.25, -0.2) is 0 Å². The average Bonchev–Trinajstić information content (AvgIpc) is 2.93. The van der Waals surface area contributed by atoms with Crippen LogP contribution in [0.1, 0.15) is 51.8 Å². The van der Waals surface area contributed by atoms with Crippen molar-refractivity contribution in [1.82, 2.24) is 4.57 Å². The van der Waals surface area contributed by atoms with Crippen LogP contribution < -0.4 is 0 Å². The Morgan fingerprint density at radius 1 is 1.04 bits per heavy atom. The van der Waals surface area contributed by atoms with Gasteiger partial charge in [0.15, 0.2) is 5.78 Å². The Kier molecular flexibility index (Phi) is 4.94. The van der Waals surface area contributed by atoms with E-state index in [1.165, 1.54) is 5.56 Å². The van der Waals surface area contributed by atoms with Gasteiger partial charge in [0.1, 0.15) is 0 Å². The number of rotatable bonds is 6. The van der Waals surface area contributed by atoms with Crippen LogP contribution in [0.4, 0.5) is 0 Å². The molecule has 132 valence electrons. The van der Waals surface area contributed by atoms with E-state index in [4.69, 9.17) is 0 Å². The number of aromatic nitrogens is 1. The molecule has 2 heteroatoms. The lowest BCUT2D eigenvalue weighted by Gasteiger charge is -2.10. The second-order valence-corrected chi connectivity index (χ2v) is 6.62. The topological polar surface area (TPSA) is 22.0 Å². The summed E-state index contributed by atoms with van der Waals surface area (Å²) in [5, 5.41) is 2.11. The van der Waals surface area contributed by atoms with Crippen molar-refractivity contribution in [3.63, 3.8) is 0 Å². The SMILES string of the molecule is C=Cc1c(C(=O)c2ccc(C)c3ccccc23)c(C)n(CCC)c1C=C. The van der Waals surface area contributed by atoms with Gasteiger partial charge in [0, 0.05) is 29.1 Å². The van der Waals surface area contributed by atoms with Crippen molar-refractivity contribution in [2.45, 2.75) is 33.7 Å². The summed E-state index contributed by atoms with van der Waals surface area (Å²) >= 11 is 0. The van der Waals surface area contributed by atoms with E-state index in [1.54, 1.807) is 6.08 Å². The molecule has 2 aromatic carbocycles. The molecule has 0 amide bonds. The molecule has 0 radical (unpaired) electrons. The summed E-state index contributed by atoms with van der Waals surface area (Å²) in [5.74, 6) is 0.0477. The van der Waals surface area contributed by atoms with Crippen molar-refractivity contribution in [2.24, 2.45) is 0 Å². The summed E-state index contributed by atoms with van der Waals surface area (Å²) in [7, 11) is 0. The molecule has 1 aromatic heterocycles. The second kappa shape index (κ2) is 7.17. The molecule has 0 N–H and O–H groups in total. The molecule has 0 bridgehead atoms. The summed E-state index contributed by atoms with van der Waals surface area (Å²) in [6.45, 7) is 15.0. The Morgan fingerprint density at radius 2 is 1.73 bits per heavy atom. The summed E-state index contributed by atoms with van der Waals surface area (Å²) in [6.07, 6.45) is 4.59. The number of aryl methyl sites for hydroxylation is 1. The maximum absolute atomic E-state index is 13.6. The van der Waals surface area contributed by atoms with Crippen molar-refractivity contribution < 1.29 is 4.79 Å². The van der Waals surface area contributed by atoms with E-state index in [1.807, 2.05) is 43.3 Å². The van der Waals surface area contributed by atoms with Crippen LogP contribution >= 0.6 is 0 Å². The van der Waals surface area contributed by atoms with Crippen LogP contribution in [0.25, 0.3) is 22.9 Å². The van der Waals surface area contributed by atoms with E-state index in [0.717, 1.165) is 51.8 Å². The van der Waals surface area contributed by atoms with E-state index in [-0.39, 0.29) is 5.78 Å². The maximum Gasteiger partial charge on any atom is 0.196 e. The van der Waals surface area contributed by atoms with Gasteiger partial charge in [0.05, 0.1) is 5.56 Å². The molecule has 26 heavy (non-hydrogen) atoms. The molecule has 2 nitrogen and oxygen atoms in total. The summed E-state index contributed by atoms with van der Waals surface area (Å²) in [6, 6.07) is 12.1. The molecular weight excluding hydrogens is 318 g/mol. The molecule has 0 atom stereocenters. The maximum atomic E-state index is 13.6. The van der Waals surface area contributed by atoms with Gasteiger partial charge in [-0.15, -0.1) is 0 Å². The second-order valence-electron chi connectivity index (χ2n) is 6.62. The van der Waals surface area contributed by atoms with Crippen LogP contribution in [0.5, 0.6) is 0 Å². The van der Waals surface area contributed by atoms with E-state index >= 15 is 0 Å². The van der Waals surface area contributed by atoms with Crippen molar-refractivity contribution in [1.29, 1.82) is 0 Å². The fourth-order valence-corrected chi connectivity index (χ4v) is 3.79. The minimum atomic E-state index is 0.0477. The lowest BCUT2D eigenvalue weighted by molar-refractivity contribution is 0.103. The molecule has 0 saturated carbocycles. The third kappa shape index (κ3) is 2.72. The average molecular weight is 343 g/mol. The van der Waals surface area contributed by atoms with Crippen LogP contribution in [-0.4, -0.2) is 10.4 Å². The third-order valence-electron chi connectivity index (χ3n) is 5.06. The fraction of sp³-hybridized carbons (Fsp3) is 0.208. The lowest BCUT2D eigenvalue weighted by Crippen LogP contribution is -2.07. The van der Waals surface area contributed by atoms with Crippen LogP contribution in [0.2, 0.25) is 0 Å². The van der Waals surface area contributed by atoms with Gasteiger partial charge in [-0.3, -0.25) is 4.79 Å². The van der Waals surface area contributed by atoms with Gasteiger partial charge >= 0.3 is 0 Å². The minimum absolute atomic E-state index is 0.0477. The Labute approximate surface area is 155 Å². The number of carbonyl (C=O) groups is 1. The van der Waals surface area contributed by atoms with Crippen molar-refractivity contribution in [3.8, 4) is 0 Å². The highest BCUT2D eigenvalue weighted by molar-refractivity contribution is 6.19. The number of ketones is 1. The number of carbonyl (C=O) groups excluding carboxylic acids is 1. The largest absolute Gasteiger partial charge is 0.344 e. The highest BCUT2D eigenvalue weighted by Crippen LogP contribution is 2.31. The van der Waals surface area contributed by atoms with Crippen LogP contribution in [-0.2, 0) is 6.54 Å². The monoisotopic (exact) mass is 343 g/mol. The first kappa shape index (κ1) is 17.9. The van der Waals surface area contributed by atoms with Gasteiger partial charge in [-0.05, 0) is 42.7 Å². The molecule has 1 heterocycles. The van der Waals surface area contributed by atoms with Crippen molar-refractivity contribution >= 4 is 28.7 Å². The predicted octanol–water partition coefficient (Wildman–Crippen LogP) is 6.19. The number of hydrogen-bond donors (Lipinski definition) is 0. The molecule has 3 rings (SSSR count).